The van der Waals surface area contributed by atoms with Gasteiger partial charge in [0.2, 0.25) is 0 Å². The van der Waals surface area contributed by atoms with Crippen LogP contribution in [0.5, 0.6) is 0 Å². The third kappa shape index (κ3) is 5.24. The molecular weight excluding hydrogens is 502 g/mol. The van der Waals surface area contributed by atoms with Gasteiger partial charge < -0.3 is 5.32 Å². The van der Waals surface area contributed by atoms with Gasteiger partial charge in [0, 0.05) is 11.8 Å². The Kier molecular flexibility index (Phi) is 6.59. The molecule has 1 heterocycles. The van der Waals surface area contributed by atoms with Crippen LogP contribution in [0.4, 0.5) is 23.0 Å². The number of benzene rings is 3. The molecule has 0 saturated carbocycles. The van der Waals surface area contributed by atoms with Crippen molar-refractivity contribution in [3.05, 3.63) is 86.9 Å². The molecule has 11 heteroatoms. The van der Waals surface area contributed by atoms with E-state index in [0.717, 1.165) is 5.56 Å². The molecule has 0 saturated heterocycles. The quantitative estimate of drug-likeness (QED) is 0.222. The highest BCUT2D eigenvalue weighted by Gasteiger charge is 2.24. The highest BCUT2D eigenvalue weighted by Crippen LogP contribution is 2.33. The summed E-state index contributed by atoms with van der Waals surface area (Å²) in [5.74, 6) is 0.0328. The number of aryl methyl sites for hydroxylation is 1. The lowest BCUT2D eigenvalue weighted by atomic mass is 9.87. The molecule has 0 aliphatic carbocycles. The molecule has 0 fully saturated rings. The van der Waals surface area contributed by atoms with E-state index in [0.29, 0.717) is 22.3 Å². The maximum atomic E-state index is 13.5. The first kappa shape index (κ1) is 25.3. The number of nitrogens with one attached hydrogen (secondary N) is 2. The Labute approximate surface area is 213 Å². The number of halogens is 1. The van der Waals surface area contributed by atoms with Crippen LogP contribution in [0.25, 0.3) is 11.0 Å². The predicted molar refractivity (Wildman–Crippen MR) is 142 cm³/mol. The summed E-state index contributed by atoms with van der Waals surface area (Å²) < 4.78 is 29.6. The van der Waals surface area contributed by atoms with Gasteiger partial charge >= 0.3 is 0 Å². The minimum atomic E-state index is -4.06. The summed E-state index contributed by atoms with van der Waals surface area (Å²) in [7, 11) is -4.06. The van der Waals surface area contributed by atoms with E-state index in [1.807, 2.05) is 26.8 Å². The van der Waals surface area contributed by atoms with Crippen LogP contribution in [0.2, 0.25) is 5.02 Å². The van der Waals surface area contributed by atoms with Gasteiger partial charge in [-0.1, -0.05) is 56.6 Å². The summed E-state index contributed by atoms with van der Waals surface area (Å²) in [6.45, 7) is 7.73. The standard InChI is InChI=1S/C25H24ClN5O4S/c1-15-9-10-16(25(2,3)4)13-22(15)36(34,35)30-24-23(28-19-7-5-6-8-20(19)29-24)27-17-11-12-18(26)21(14-17)31(32)33/h5-14H,1-4H3,(H,27,28)(H,29,30). The summed E-state index contributed by atoms with van der Waals surface area (Å²) in [5, 5.41) is 14.2. The average Bonchev–Trinajstić information content (AvgIpc) is 2.79. The molecule has 0 spiro atoms. The van der Waals surface area contributed by atoms with E-state index in [1.54, 1.807) is 43.3 Å². The van der Waals surface area contributed by atoms with Crippen molar-refractivity contribution in [3.8, 4) is 0 Å². The first-order chi connectivity index (χ1) is 16.8. The summed E-state index contributed by atoms with van der Waals surface area (Å²) in [6.07, 6.45) is 0. The Morgan fingerprint density at radius 2 is 1.58 bits per heavy atom. The number of hydrogen-bond acceptors (Lipinski definition) is 7. The normalized spacial score (nSPS) is 11.9. The van der Waals surface area contributed by atoms with Crippen LogP contribution in [0.15, 0.2) is 65.6 Å². The molecule has 0 aliphatic rings. The average molecular weight is 526 g/mol. The van der Waals surface area contributed by atoms with Crippen molar-refractivity contribution in [3.63, 3.8) is 0 Å². The van der Waals surface area contributed by atoms with Gasteiger partial charge in [0.1, 0.15) is 5.02 Å². The molecule has 0 amide bonds. The van der Waals surface area contributed by atoms with Gasteiger partial charge in [0.15, 0.2) is 11.6 Å². The third-order valence-electron chi connectivity index (χ3n) is 5.55. The number of anilines is 3. The van der Waals surface area contributed by atoms with E-state index in [9.17, 15) is 18.5 Å². The number of fused-ring (bicyclic) bond motifs is 1. The fraction of sp³-hybridized carbons (Fsp3) is 0.200. The SMILES string of the molecule is Cc1ccc(C(C)(C)C)cc1S(=O)(=O)Nc1nc2ccccc2nc1Nc1ccc(Cl)c([N+](=O)[O-])c1. The smallest absolute Gasteiger partial charge is 0.289 e. The largest absolute Gasteiger partial charge is 0.337 e. The number of rotatable bonds is 6. The molecule has 3 aromatic carbocycles. The molecular formula is C25H24ClN5O4S. The van der Waals surface area contributed by atoms with Crippen LogP contribution in [0, 0.1) is 17.0 Å². The number of nitrogens with zero attached hydrogens (tertiary/aromatic N) is 3. The van der Waals surface area contributed by atoms with Gasteiger partial charge in [0.25, 0.3) is 15.7 Å². The molecule has 0 unspecified atom stereocenters. The number of sulfonamides is 1. The third-order valence-corrected chi connectivity index (χ3v) is 7.35. The van der Waals surface area contributed by atoms with Crippen LogP contribution in [0.1, 0.15) is 31.9 Å². The Morgan fingerprint density at radius 1 is 0.944 bits per heavy atom. The molecule has 4 aromatic rings. The fourth-order valence-corrected chi connectivity index (χ4v) is 5.03. The molecule has 0 radical (unpaired) electrons. The number of aromatic nitrogens is 2. The first-order valence-corrected chi connectivity index (χ1v) is 12.8. The number of nitro benzene ring substituents is 1. The van der Waals surface area contributed by atoms with Gasteiger partial charge in [-0.05, 0) is 53.8 Å². The van der Waals surface area contributed by atoms with E-state index in [-0.39, 0.29) is 32.7 Å². The maximum Gasteiger partial charge on any atom is 0.289 e. The van der Waals surface area contributed by atoms with E-state index >= 15 is 0 Å². The zero-order valence-corrected chi connectivity index (χ0v) is 21.6. The number of hydrogen-bond donors (Lipinski definition) is 2. The summed E-state index contributed by atoms with van der Waals surface area (Å²) in [5.41, 5.74) is 2.17. The first-order valence-electron chi connectivity index (χ1n) is 11.0. The predicted octanol–water partition coefficient (Wildman–Crippen LogP) is 6.34. The lowest BCUT2D eigenvalue weighted by Gasteiger charge is -2.21. The van der Waals surface area contributed by atoms with Gasteiger partial charge in [-0.3, -0.25) is 14.8 Å². The molecule has 0 bridgehead atoms. The summed E-state index contributed by atoms with van der Waals surface area (Å²) >= 11 is 5.93. The van der Waals surface area contributed by atoms with E-state index in [4.69, 9.17) is 11.6 Å². The van der Waals surface area contributed by atoms with Crippen LogP contribution >= 0.6 is 11.6 Å². The molecule has 1 aromatic heterocycles. The molecule has 36 heavy (non-hydrogen) atoms. The van der Waals surface area contributed by atoms with Gasteiger partial charge in [-0.2, -0.15) is 0 Å². The second-order valence-corrected chi connectivity index (χ2v) is 11.4. The van der Waals surface area contributed by atoms with Crippen molar-refractivity contribution in [2.24, 2.45) is 0 Å². The minimum Gasteiger partial charge on any atom is -0.337 e. The van der Waals surface area contributed by atoms with Crippen molar-refractivity contribution < 1.29 is 13.3 Å². The maximum absolute atomic E-state index is 13.5. The zero-order valence-electron chi connectivity index (χ0n) is 20.0. The Balaban J connectivity index is 1.81. The Morgan fingerprint density at radius 3 is 2.19 bits per heavy atom. The van der Waals surface area contributed by atoms with Crippen molar-refractivity contribution in [2.45, 2.75) is 38.0 Å². The van der Waals surface area contributed by atoms with E-state index in [2.05, 4.69) is 20.0 Å². The molecule has 186 valence electrons. The molecule has 9 nitrogen and oxygen atoms in total. The minimum absolute atomic E-state index is 0.0229. The summed E-state index contributed by atoms with van der Waals surface area (Å²) in [6, 6.07) is 16.5. The number of para-hydroxylation sites is 2. The van der Waals surface area contributed by atoms with Gasteiger partial charge in [0.05, 0.1) is 20.9 Å². The van der Waals surface area contributed by atoms with E-state index in [1.165, 1.54) is 18.2 Å². The van der Waals surface area contributed by atoms with Crippen molar-refractivity contribution in [1.82, 2.24) is 9.97 Å². The highest BCUT2D eigenvalue weighted by molar-refractivity contribution is 7.92. The summed E-state index contributed by atoms with van der Waals surface area (Å²) in [4.78, 5) is 19.8. The second-order valence-electron chi connectivity index (χ2n) is 9.29. The van der Waals surface area contributed by atoms with Crippen molar-refractivity contribution >= 4 is 55.7 Å². The lowest BCUT2D eigenvalue weighted by Crippen LogP contribution is -2.19. The lowest BCUT2D eigenvalue weighted by molar-refractivity contribution is -0.384. The zero-order chi connectivity index (χ0) is 26.3. The molecule has 4 rings (SSSR count). The van der Waals surface area contributed by atoms with Crippen LogP contribution in [-0.2, 0) is 15.4 Å². The molecule has 0 atom stereocenters. The second kappa shape index (κ2) is 9.36. The van der Waals surface area contributed by atoms with Crippen LogP contribution in [-0.4, -0.2) is 23.3 Å². The Hall–Kier alpha value is -3.76. The van der Waals surface area contributed by atoms with E-state index < -0.39 is 14.9 Å². The highest BCUT2D eigenvalue weighted by atomic mass is 35.5. The fourth-order valence-electron chi connectivity index (χ4n) is 3.56. The van der Waals surface area contributed by atoms with Crippen LogP contribution < -0.4 is 10.0 Å². The molecule has 0 aliphatic heterocycles. The Bertz CT molecular complexity index is 1600. The van der Waals surface area contributed by atoms with Gasteiger partial charge in [-0.15, -0.1) is 0 Å². The van der Waals surface area contributed by atoms with Crippen LogP contribution in [0.3, 0.4) is 0 Å². The number of nitro groups is 1. The topological polar surface area (TPSA) is 127 Å². The van der Waals surface area contributed by atoms with Crippen molar-refractivity contribution in [1.29, 1.82) is 0 Å². The van der Waals surface area contributed by atoms with Gasteiger partial charge in [-0.25, -0.2) is 18.4 Å². The monoisotopic (exact) mass is 525 g/mol. The van der Waals surface area contributed by atoms with Crippen molar-refractivity contribution in [2.75, 3.05) is 10.0 Å². The molecule has 2 N–H and O–H groups in total.